The Labute approximate surface area is 112 Å². The van der Waals surface area contributed by atoms with Gasteiger partial charge in [-0.25, -0.2) is 0 Å². The summed E-state index contributed by atoms with van der Waals surface area (Å²) in [6.07, 6.45) is 1.48. The average Bonchev–Trinajstić information content (AvgIpc) is 2.28. The molecule has 0 bridgehead atoms. The van der Waals surface area contributed by atoms with E-state index >= 15 is 0 Å². The van der Waals surface area contributed by atoms with E-state index in [1.807, 2.05) is 0 Å². The summed E-state index contributed by atoms with van der Waals surface area (Å²) in [6, 6.07) is 0.788. The summed E-state index contributed by atoms with van der Waals surface area (Å²) in [5.41, 5.74) is 0. The molecule has 18 heavy (non-hydrogen) atoms. The molecule has 0 radical (unpaired) electrons. The van der Waals surface area contributed by atoms with Crippen LogP contribution >= 0.6 is 0 Å². The van der Waals surface area contributed by atoms with Gasteiger partial charge < -0.3 is 15.2 Å². The minimum Gasteiger partial charge on any atom is -0.395 e. The molecule has 0 aromatic rings. The highest BCUT2D eigenvalue weighted by atomic mass is 16.5. The van der Waals surface area contributed by atoms with Gasteiger partial charge in [-0.3, -0.25) is 4.90 Å². The molecule has 0 aromatic carbocycles. The molecule has 0 spiro atoms. The fraction of sp³-hybridized carbons (Fsp3) is 1.00. The van der Waals surface area contributed by atoms with Crippen LogP contribution in [0.1, 0.15) is 34.1 Å². The Bertz CT molecular complexity index is 222. The Morgan fingerprint density at radius 3 is 2.61 bits per heavy atom. The van der Waals surface area contributed by atoms with Crippen molar-refractivity contribution in [2.24, 2.45) is 5.92 Å². The van der Waals surface area contributed by atoms with Gasteiger partial charge in [0.05, 0.1) is 19.3 Å². The van der Waals surface area contributed by atoms with Gasteiger partial charge in [0.2, 0.25) is 0 Å². The van der Waals surface area contributed by atoms with Gasteiger partial charge in [0.15, 0.2) is 0 Å². The maximum atomic E-state index is 9.42. The smallest absolute Gasteiger partial charge is 0.0599 e. The molecule has 0 saturated carbocycles. The highest BCUT2D eigenvalue weighted by Crippen LogP contribution is 2.13. The molecular formula is C14H30N2O2. The first kappa shape index (κ1) is 15.9. The molecule has 2 N–H and O–H groups in total. The quantitative estimate of drug-likeness (QED) is 0.717. The Balaban J connectivity index is 2.38. The molecule has 108 valence electrons. The SMILES string of the molecule is CC(C)CC1CN(CCOC(C)C)C(CO)CN1. The molecule has 2 unspecified atom stereocenters. The number of aliphatic hydroxyl groups is 1. The van der Waals surface area contributed by atoms with Crippen LogP contribution in [0.15, 0.2) is 0 Å². The fourth-order valence-corrected chi connectivity index (χ4v) is 2.51. The third kappa shape index (κ3) is 5.65. The van der Waals surface area contributed by atoms with Crippen molar-refractivity contribution in [1.82, 2.24) is 10.2 Å². The second-order valence-corrected chi connectivity index (χ2v) is 5.99. The van der Waals surface area contributed by atoms with Crippen molar-refractivity contribution in [2.45, 2.75) is 52.3 Å². The summed E-state index contributed by atoms with van der Waals surface area (Å²) in [5.74, 6) is 0.710. The zero-order valence-corrected chi connectivity index (χ0v) is 12.4. The molecule has 1 fully saturated rings. The number of ether oxygens (including phenoxy) is 1. The number of hydrogen-bond donors (Lipinski definition) is 2. The summed E-state index contributed by atoms with van der Waals surface area (Å²) >= 11 is 0. The molecule has 0 aromatic heterocycles. The van der Waals surface area contributed by atoms with Gasteiger partial charge in [-0.05, 0) is 26.2 Å². The molecule has 1 rings (SSSR count). The molecule has 1 saturated heterocycles. The van der Waals surface area contributed by atoms with Gasteiger partial charge in [-0.1, -0.05) is 13.8 Å². The van der Waals surface area contributed by atoms with E-state index in [9.17, 15) is 5.11 Å². The van der Waals surface area contributed by atoms with Gasteiger partial charge in [-0.2, -0.15) is 0 Å². The summed E-state index contributed by atoms with van der Waals surface area (Å²) in [6.45, 7) is 12.4. The predicted octanol–water partition coefficient (Wildman–Crippen LogP) is 1.09. The van der Waals surface area contributed by atoms with E-state index < -0.39 is 0 Å². The van der Waals surface area contributed by atoms with Crippen LogP contribution in [0.25, 0.3) is 0 Å². The Hall–Kier alpha value is -0.160. The second kappa shape index (κ2) is 8.10. The number of nitrogens with zero attached hydrogens (tertiary/aromatic N) is 1. The van der Waals surface area contributed by atoms with E-state index in [4.69, 9.17) is 4.74 Å². The summed E-state index contributed by atoms with van der Waals surface area (Å²) in [5, 5.41) is 13.0. The number of aliphatic hydroxyl groups excluding tert-OH is 1. The lowest BCUT2D eigenvalue weighted by Gasteiger charge is -2.40. The van der Waals surface area contributed by atoms with Crippen molar-refractivity contribution < 1.29 is 9.84 Å². The molecule has 1 aliphatic heterocycles. The third-order valence-corrected chi connectivity index (χ3v) is 3.41. The molecule has 1 heterocycles. The van der Waals surface area contributed by atoms with Crippen molar-refractivity contribution in [3.63, 3.8) is 0 Å². The van der Waals surface area contributed by atoms with E-state index in [0.29, 0.717) is 12.0 Å². The van der Waals surface area contributed by atoms with Crippen molar-refractivity contribution in [2.75, 3.05) is 32.8 Å². The summed E-state index contributed by atoms with van der Waals surface area (Å²) in [4.78, 5) is 2.37. The minimum atomic E-state index is 0.225. The number of nitrogens with one attached hydrogen (secondary N) is 1. The van der Waals surface area contributed by atoms with Gasteiger partial charge >= 0.3 is 0 Å². The molecule has 0 amide bonds. The Morgan fingerprint density at radius 2 is 2.06 bits per heavy atom. The number of piperazine rings is 1. The standard InChI is InChI=1S/C14H30N2O2/c1-11(2)7-13-9-16(5-6-18-12(3)4)14(10-17)8-15-13/h11-15,17H,5-10H2,1-4H3. The third-order valence-electron chi connectivity index (χ3n) is 3.41. The van der Waals surface area contributed by atoms with E-state index in [-0.39, 0.29) is 18.8 Å². The lowest BCUT2D eigenvalue weighted by molar-refractivity contribution is 0.0216. The molecule has 4 nitrogen and oxygen atoms in total. The molecular weight excluding hydrogens is 228 g/mol. The highest BCUT2D eigenvalue weighted by molar-refractivity contribution is 4.86. The lowest BCUT2D eigenvalue weighted by atomic mass is 10.00. The first-order chi connectivity index (χ1) is 8.52. The maximum absolute atomic E-state index is 9.42. The van der Waals surface area contributed by atoms with E-state index in [0.717, 1.165) is 26.2 Å². The molecule has 0 aliphatic carbocycles. The normalized spacial score (nSPS) is 26.2. The van der Waals surface area contributed by atoms with E-state index in [1.165, 1.54) is 6.42 Å². The largest absolute Gasteiger partial charge is 0.395 e. The van der Waals surface area contributed by atoms with Crippen molar-refractivity contribution in [1.29, 1.82) is 0 Å². The summed E-state index contributed by atoms with van der Waals surface area (Å²) < 4.78 is 5.61. The van der Waals surface area contributed by atoms with Crippen LogP contribution in [0.5, 0.6) is 0 Å². The van der Waals surface area contributed by atoms with Crippen molar-refractivity contribution in [3.8, 4) is 0 Å². The van der Waals surface area contributed by atoms with Crippen LogP contribution in [0.3, 0.4) is 0 Å². The first-order valence-corrected chi connectivity index (χ1v) is 7.22. The summed E-state index contributed by atoms with van der Waals surface area (Å²) in [7, 11) is 0. The van der Waals surface area contributed by atoms with Crippen molar-refractivity contribution in [3.05, 3.63) is 0 Å². The zero-order chi connectivity index (χ0) is 13.5. The lowest BCUT2D eigenvalue weighted by Crippen LogP contribution is -2.58. The molecule has 1 aliphatic rings. The van der Waals surface area contributed by atoms with E-state index in [1.54, 1.807) is 0 Å². The van der Waals surface area contributed by atoms with Crippen LogP contribution in [0.2, 0.25) is 0 Å². The van der Waals surface area contributed by atoms with Gasteiger partial charge in [0, 0.05) is 31.7 Å². The van der Waals surface area contributed by atoms with Crippen LogP contribution in [0, 0.1) is 5.92 Å². The van der Waals surface area contributed by atoms with Gasteiger partial charge in [0.1, 0.15) is 0 Å². The topological polar surface area (TPSA) is 44.7 Å². The monoisotopic (exact) mass is 258 g/mol. The van der Waals surface area contributed by atoms with Gasteiger partial charge in [0.25, 0.3) is 0 Å². The van der Waals surface area contributed by atoms with Crippen LogP contribution in [-0.4, -0.2) is 61.0 Å². The number of hydrogen-bond acceptors (Lipinski definition) is 4. The second-order valence-electron chi connectivity index (χ2n) is 5.99. The average molecular weight is 258 g/mol. The Kier molecular flexibility index (Phi) is 7.15. The van der Waals surface area contributed by atoms with Crippen molar-refractivity contribution >= 4 is 0 Å². The van der Waals surface area contributed by atoms with Gasteiger partial charge in [-0.15, -0.1) is 0 Å². The highest BCUT2D eigenvalue weighted by Gasteiger charge is 2.27. The number of rotatable bonds is 7. The Morgan fingerprint density at radius 1 is 1.33 bits per heavy atom. The van der Waals surface area contributed by atoms with Crippen LogP contribution < -0.4 is 5.32 Å². The first-order valence-electron chi connectivity index (χ1n) is 7.22. The predicted molar refractivity (Wildman–Crippen MR) is 74.8 cm³/mol. The zero-order valence-electron chi connectivity index (χ0n) is 12.4. The van der Waals surface area contributed by atoms with Crippen LogP contribution in [0.4, 0.5) is 0 Å². The van der Waals surface area contributed by atoms with Crippen LogP contribution in [-0.2, 0) is 4.74 Å². The molecule has 4 heteroatoms. The van der Waals surface area contributed by atoms with E-state index in [2.05, 4.69) is 37.9 Å². The maximum Gasteiger partial charge on any atom is 0.0599 e. The fourth-order valence-electron chi connectivity index (χ4n) is 2.51. The minimum absolute atomic E-state index is 0.225. The molecule has 2 atom stereocenters.